The molecule has 0 aliphatic carbocycles. The summed E-state index contributed by atoms with van der Waals surface area (Å²) in [6.45, 7) is 0. The quantitative estimate of drug-likeness (QED) is 0.629. The van der Waals surface area contributed by atoms with Gasteiger partial charge >= 0.3 is 6.18 Å². The molecule has 0 saturated heterocycles. The van der Waals surface area contributed by atoms with Gasteiger partial charge in [0.1, 0.15) is 4.88 Å². The van der Waals surface area contributed by atoms with Crippen molar-refractivity contribution < 1.29 is 35.6 Å². The molecule has 0 N–H and O–H groups in total. The second-order valence-corrected chi connectivity index (χ2v) is 2.42. The first-order valence-electron chi connectivity index (χ1n) is 2.21. The Bertz CT molecular complexity index is 179. The van der Waals surface area contributed by atoms with Crippen LogP contribution in [-0.4, -0.2) is 0 Å². The molecule has 0 spiro atoms. The van der Waals surface area contributed by atoms with Crippen LogP contribution in [0, 0.1) is 0 Å². The molecule has 0 aliphatic heterocycles. The maximum absolute atomic E-state index is 11.6. The van der Waals surface area contributed by atoms with E-state index in [1.165, 1.54) is 11.4 Å². The van der Waals surface area contributed by atoms with Crippen molar-refractivity contribution in [3.8, 4) is 0 Å². The molecule has 0 amide bonds. The Hall–Kier alpha value is 0.230. The zero-order valence-electron chi connectivity index (χ0n) is 4.58. The molecular weight excluding hydrogens is 257 g/mol. The number of alkyl halides is 3. The second-order valence-electron chi connectivity index (χ2n) is 1.48. The molecule has 0 nitrogen and oxygen atoms in total. The summed E-state index contributed by atoms with van der Waals surface area (Å²) in [5, 5.41) is 1.41. The molecule has 10 heavy (non-hydrogen) atoms. The van der Waals surface area contributed by atoms with Crippen LogP contribution in [0.2, 0.25) is 0 Å². The normalized spacial score (nSPS) is 10.7. The summed E-state index contributed by atoms with van der Waals surface area (Å²) in [7, 11) is 0. The van der Waals surface area contributed by atoms with Gasteiger partial charge in [0.25, 0.3) is 0 Å². The van der Waals surface area contributed by atoms with Gasteiger partial charge in [0.2, 0.25) is 0 Å². The van der Waals surface area contributed by atoms with E-state index < -0.39 is 11.1 Å². The summed E-state index contributed by atoms with van der Waals surface area (Å²) in [5.41, 5.74) is 0. The molecule has 0 atom stereocenters. The van der Waals surface area contributed by atoms with Crippen LogP contribution in [0.4, 0.5) is 13.2 Å². The van der Waals surface area contributed by atoms with Crippen molar-refractivity contribution in [1.82, 2.24) is 0 Å². The smallest absolute Gasteiger partial charge is 0.165 e. The van der Waals surface area contributed by atoms with Gasteiger partial charge in [0.05, 0.1) is 0 Å². The van der Waals surface area contributed by atoms with Crippen molar-refractivity contribution in [2.75, 3.05) is 0 Å². The molecule has 1 radical (unpaired) electrons. The van der Waals surface area contributed by atoms with Crippen LogP contribution in [0.15, 0.2) is 17.5 Å². The van der Waals surface area contributed by atoms with Gasteiger partial charge in [-0.2, -0.15) is 13.2 Å². The van der Waals surface area contributed by atoms with Gasteiger partial charge in [-0.15, -0.1) is 11.3 Å². The van der Waals surface area contributed by atoms with Crippen molar-refractivity contribution in [3.63, 3.8) is 0 Å². The van der Waals surface area contributed by atoms with Crippen molar-refractivity contribution in [2.24, 2.45) is 0 Å². The van der Waals surface area contributed by atoms with E-state index in [-0.39, 0.29) is 22.4 Å². The van der Waals surface area contributed by atoms with Crippen LogP contribution in [0.25, 0.3) is 0 Å². The minimum atomic E-state index is -4.16. The van der Waals surface area contributed by atoms with Crippen molar-refractivity contribution in [3.05, 3.63) is 22.4 Å². The topological polar surface area (TPSA) is 0 Å². The van der Waals surface area contributed by atoms with E-state index in [1.54, 1.807) is 0 Å². The fourth-order valence-corrected chi connectivity index (χ4v) is 1.03. The van der Waals surface area contributed by atoms with Gasteiger partial charge in [-0.25, -0.2) is 0 Å². The van der Waals surface area contributed by atoms with Gasteiger partial charge in [0.15, 0.2) is 0 Å². The summed E-state index contributed by atoms with van der Waals surface area (Å²) in [4.78, 5) is -0.539. The first-order chi connectivity index (χ1) is 4.11. The molecule has 5 heteroatoms. The molecule has 0 saturated carbocycles. The predicted molar refractivity (Wildman–Crippen MR) is 29.3 cm³/mol. The average Bonchev–Trinajstić information content (AvgIpc) is 2.08. The first-order valence-corrected chi connectivity index (χ1v) is 3.09. The van der Waals surface area contributed by atoms with Crippen LogP contribution in [0.5, 0.6) is 0 Å². The number of hydrogen-bond donors (Lipinski definition) is 0. The van der Waals surface area contributed by atoms with E-state index in [1.807, 2.05) is 0 Å². The third-order valence-corrected chi connectivity index (χ3v) is 1.72. The van der Waals surface area contributed by atoms with E-state index in [4.69, 9.17) is 0 Å². The summed E-state index contributed by atoms with van der Waals surface area (Å²) in [6.07, 6.45) is -4.16. The molecule has 61 valence electrons. The Morgan fingerprint density at radius 3 is 2.10 bits per heavy atom. The van der Waals surface area contributed by atoms with E-state index in [9.17, 15) is 13.2 Å². The maximum atomic E-state index is 11.6. The Balaban J connectivity index is 0.000000810. The summed E-state index contributed by atoms with van der Waals surface area (Å²) >= 11 is 0.705. The minimum Gasteiger partial charge on any atom is -0.165 e. The van der Waals surface area contributed by atoms with E-state index in [0.29, 0.717) is 11.3 Å². The number of thiophene rings is 1. The van der Waals surface area contributed by atoms with Crippen LogP contribution < -0.4 is 0 Å². The van der Waals surface area contributed by atoms with E-state index >= 15 is 0 Å². The molecule has 1 rings (SSSR count). The van der Waals surface area contributed by atoms with Crippen LogP contribution in [0.3, 0.4) is 0 Å². The third kappa shape index (κ3) is 2.46. The minimum absolute atomic E-state index is 0. The summed E-state index contributed by atoms with van der Waals surface area (Å²) in [5.74, 6) is 0. The number of rotatable bonds is 0. The van der Waals surface area contributed by atoms with Gasteiger partial charge in [0, 0.05) is 22.4 Å². The van der Waals surface area contributed by atoms with Crippen LogP contribution in [-0.2, 0) is 28.6 Å². The molecular formula is C5H3AgF3S. The molecule has 0 unspecified atom stereocenters. The van der Waals surface area contributed by atoms with Crippen LogP contribution >= 0.6 is 11.3 Å². The summed E-state index contributed by atoms with van der Waals surface area (Å²) in [6, 6.07) is 2.44. The molecule has 0 bridgehead atoms. The fraction of sp³-hybridized carbons (Fsp3) is 0.200. The number of hydrogen-bond acceptors (Lipinski definition) is 1. The monoisotopic (exact) mass is 259 g/mol. The Kier molecular flexibility index (Phi) is 3.65. The average molecular weight is 260 g/mol. The van der Waals surface area contributed by atoms with Gasteiger partial charge in [-0.3, -0.25) is 0 Å². The SMILES string of the molecule is FC(F)(F)c1cccs1.[Ag]. The molecule has 0 aromatic carbocycles. The molecule has 1 heterocycles. The molecule has 0 aliphatic rings. The van der Waals surface area contributed by atoms with Gasteiger partial charge in [-0.1, -0.05) is 6.07 Å². The molecule has 0 fully saturated rings. The van der Waals surface area contributed by atoms with E-state index in [0.717, 1.165) is 6.07 Å². The Morgan fingerprint density at radius 1 is 1.30 bits per heavy atom. The van der Waals surface area contributed by atoms with E-state index in [2.05, 4.69) is 0 Å². The van der Waals surface area contributed by atoms with Crippen molar-refractivity contribution in [1.29, 1.82) is 0 Å². The van der Waals surface area contributed by atoms with Crippen LogP contribution in [0.1, 0.15) is 4.88 Å². The third-order valence-electron chi connectivity index (χ3n) is 0.801. The zero-order valence-corrected chi connectivity index (χ0v) is 6.87. The van der Waals surface area contributed by atoms with Crippen molar-refractivity contribution >= 4 is 11.3 Å². The standard InChI is InChI=1S/C5H3F3S.Ag/c6-5(7,8)4-2-1-3-9-4;/h1-3H;. The van der Waals surface area contributed by atoms with Gasteiger partial charge in [-0.05, 0) is 11.4 Å². The molecule has 1 aromatic rings. The second kappa shape index (κ2) is 3.57. The largest absolute Gasteiger partial charge is 0.425 e. The molecule has 1 aromatic heterocycles. The Labute approximate surface area is 75.6 Å². The fourth-order valence-electron chi connectivity index (χ4n) is 0.440. The maximum Gasteiger partial charge on any atom is 0.425 e. The first kappa shape index (κ1) is 10.2. The zero-order chi connectivity index (χ0) is 6.91. The van der Waals surface area contributed by atoms with Gasteiger partial charge < -0.3 is 0 Å². The Morgan fingerprint density at radius 2 is 1.90 bits per heavy atom. The van der Waals surface area contributed by atoms with Crippen molar-refractivity contribution in [2.45, 2.75) is 6.18 Å². The number of halogens is 3. The summed E-state index contributed by atoms with van der Waals surface area (Å²) < 4.78 is 34.9. The predicted octanol–water partition coefficient (Wildman–Crippen LogP) is 2.76.